The molecular formula is C14H30BrO2P. The summed E-state index contributed by atoms with van der Waals surface area (Å²) in [7, 11) is 2.66. The monoisotopic (exact) mass is 340 g/mol. The Morgan fingerprint density at radius 1 is 1.06 bits per heavy atom. The topological polar surface area (TPSA) is 26.3 Å². The number of hydrogen-bond donors (Lipinski definition) is 0. The van der Waals surface area contributed by atoms with E-state index in [2.05, 4.69) is 16.2 Å². The van der Waals surface area contributed by atoms with Crippen LogP contribution < -0.4 is 0 Å². The summed E-state index contributed by atoms with van der Waals surface area (Å²) < 4.78 is 5.20. The lowest BCUT2D eigenvalue weighted by molar-refractivity contribution is -0.145. The van der Waals surface area contributed by atoms with E-state index in [0.717, 1.165) is 12.6 Å². The van der Waals surface area contributed by atoms with E-state index in [0.29, 0.717) is 0 Å². The molecule has 1 unspecified atom stereocenters. The molecule has 0 aliphatic heterocycles. The minimum absolute atomic E-state index is 0. The predicted molar refractivity (Wildman–Crippen MR) is 87.7 cm³/mol. The molecule has 0 heterocycles. The van der Waals surface area contributed by atoms with E-state index in [9.17, 15) is 4.79 Å². The molecule has 0 rings (SSSR count). The number of unbranched alkanes of at least 4 members (excludes halogenated alkanes) is 7. The van der Waals surface area contributed by atoms with Gasteiger partial charge in [-0.15, -0.1) is 26.2 Å². The van der Waals surface area contributed by atoms with Crippen molar-refractivity contribution in [3.8, 4) is 0 Å². The number of rotatable bonds is 11. The first-order valence-corrected chi connectivity index (χ1v) is 7.89. The van der Waals surface area contributed by atoms with Gasteiger partial charge < -0.3 is 4.74 Å². The van der Waals surface area contributed by atoms with Crippen molar-refractivity contribution >= 4 is 32.2 Å². The molecule has 0 aliphatic carbocycles. The Bertz CT molecular complexity index is 189. The minimum Gasteiger partial charge on any atom is -0.462 e. The van der Waals surface area contributed by atoms with Crippen molar-refractivity contribution in [3.63, 3.8) is 0 Å². The third-order valence-electron chi connectivity index (χ3n) is 2.98. The molecule has 0 aromatic carbocycles. The maximum absolute atomic E-state index is 10.8. The summed E-state index contributed by atoms with van der Waals surface area (Å²) in [4.78, 5) is 10.8. The Kier molecular flexibility index (Phi) is 17.7. The van der Waals surface area contributed by atoms with E-state index in [1.165, 1.54) is 58.3 Å². The summed E-state index contributed by atoms with van der Waals surface area (Å²) in [5, 5.41) is 0. The smallest absolute Gasteiger partial charge is 0.302 e. The fraction of sp³-hybridized carbons (Fsp3) is 0.929. The van der Waals surface area contributed by atoms with Crippen LogP contribution in [0.5, 0.6) is 0 Å². The summed E-state index contributed by atoms with van der Waals surface area (Å²) in [6.07, 6.45) is 12.6. The van der Waals surface area contributed by atoms with Crippen molar-refractivity contribution < 1.29 is 9.53 Å². The number of carbonyl (C=O) groups excluding carboxylic acids is 1. The molecule has 0 aromatic rings. The van der Waals surface area contributed by atoms with Gasteiger partial charge in [0.1, 0.15) is 6.10 Å². The van der Waals surface area contributed by atoms with Crippen molar-refractivity contribution in [2.75, 3.05) is 6.16 Å². The van der Waals surface area contributed by atoms with Gasteiger partial charge in [-0.2, -0.15) is 0 Å². The van der Waals surface area contributed by atoms with Gasteiger partial charge in [-0.3, -0.25) is 4.79 Å². The van der Waals surface area contributed by atoms with E-state index < -0.39 is 0 Å². The molecule has 2 nitrogen and oxygen atoms in total. The second kappa shape index (κ2) is 15.4. The highest BCUT2D eigenvalue weighted by Crippen LogP contribution is 2.13. The Labute approximate surface area is 126 Å². The quantitative estimate of drug-likeness (QED) is 0.303. The van der Waals surface area contributed by atoms with Gasteiger partial charge in [0.25, 0.3) is 0 Å². The predicted octanol–water partition coefficient (Wildman–Crippen LogP) is 4.90. The van der Waals surface area contributed by atoms with Gasteiger partial charge in [0.15, 0.2) is 0 Å². The molecule has 0 fully saturated rings. The molecule has 0 amide bonds. The second-order valence-electron chi connectivity index (χ2n) is 4.73. The van der Waals surface area contributed by atoms with Crippen LogP contribution in [0.4, 0.5) is 0 Å². The summed E-state index contributed by atoms with van der Waals surface area (Å²) >= 11 is 0. The summed E-state index contributed by atoms with van der Waals surface area (Å²) in [6, 6.07) is 0. The molecule has 4 heteroatoms. The number of halogens is 1. The molecule has 0 saturated carbocycles. The van der Waals surface area contributed by atoms with E-state index in [1.807, 2.05) is 0 Å². The van der Waals surface area contributed by atoms with Crippen LogP contribution in [-0.2, 0) is 9.53 Å². The van der Waals surface area contributed by atoms with Crippen LogP contribution in [0, 0.1) is 0 Å². The molecule has 0 saturated heterocycles. The average Bonchev–Trinajstić information content (AvgIpc) is 2.30. The number of esters is 1. The number of hydrogen-bond acceptors (Lipinski definition) is 2. The maximum atomic E-state index is 10.8. The van der Waals surface area contributed by atoms with Crippen LogP contribution in [0.1, 0.15) is 71.6 Å². The van der Waals surface area contributed by atoms with Gasteiger partial charge in [-0.05, 0) is 19.0 Å². The molecule has 2 atom stereocenters. The lowest BCUT2D eigenvalue weighted by Crippen LogP contribution is -2.17. The molecule has 0 bridgehead atoms. The van der Waals surface area contributed by atoms with Crippen LogP contribution in [0.3, 0.4) is 0 Å². The van der Waals surface area contributed by atoms with Crippen molar-refractivity contribution in [3.05, 3.63) is 0 Å². The zero-order valence-electron chi connectivity index (χ0n) is 12.0. The standard InChI is InChI=1S/C14H29O2P.BrH/c1-3-4-5-6-7-8-9-10-11-14(12-17)16-13(2)15;/h14H,3-12,17H2,1-2H3;1H/t14-;/m0./s1. The third kappa shape index (κ3) is 14.4. The first-order chi connectivity index (χ1) is 8.20. The summed E-state index contributed by atoms with van der Waals surface area (Å²) in [5.41, 5.74) is 0. The third-order valence-corrected chi connectivity index (χ3v) is 3.50. The van der Waals surface area contributed by atoms with Gasteiger partial charge >= 0.3 is 5.97 Å². The lowest BCUT2D eigenvalue weighted by Gasteiger charge is -2.14. The maximum Gasteiger partial charge on any atom is 0.302 e. The van der Waals surface area contributed by atoms with Crippen LogP contribution in [0.15, 0.2) is 0 Å². The molecule has 0 N–H and O–H groups in total. The lowest BCUT2D eigenvalue weighted by atomic mass is 10.1. The van der Waals surface area contributed by atoms with Crippen molar-refractivity contribution in [1.82, 2.24) is 0 Å². The summed E-state index contributed by atoms with van der Waals surface area (Å²) in [6.45, 7) is 3.74. The van der Waals surface area contributed by atoms with Gasteiger partial charge in [-0.25, -0.2) is 0 Å². The van der Waals surface area contributed by atoms with Crippen LogP contribution in [0.25, 0.3) is 0 Å². The zero-order chi connectivity index (χ0) is 12.9. The van der Waals surface area contributed by atoms with E-state index in [-0.39, 0.29) is 29.1 Å². The Balaban J connectivity index is 0. The van der Waals surface area contributed by atoms with Crippen molar-refractivity contribution in [1.29, 1.82) is 0 Å². The highest BCUT2D eigenvalue weighted by atomic mass is 79.9. The van der Waals surface area contributed by atoms with Gasteiger partial charge in [0.05, 0.1) is 0 Å². The molecular weight excluding hydrogens is 311 g/mol. The Morgan fingerprint density at radius 3 is 2.00 bits per heavy atom. The molecule has 0 spiro atoms. The largest absolute Gasteiger partial charge is 0.462 e. The van der Waals surface area contributed by atoms with Crippen LogP contribution in [0.2, 0.25) is 0 Å². The van der Waals surface area contributed by atoms with Crippen LogP contribution >= 0.6 is 26.2 Å². The van der Waals surface area contributed by atoms with Gasteiger partial charge in [-0.1, -0.05) is 51.9 Å². The van der Waals surface area contributed by atoms with E-state index >= 15 is 0 Å². The normalized spacial score (nSPS) is 11.7. The molecule has 110 valence electrons. The SMILES string of the molecule is Br.CCCCCCCCCC[C@@H](CP)OC(C)=O. The fourth-order valence-corrected chi connectivity index (χ4v) is 2.30. The minimum atomic E-state index is -0.156. The zero-order valence-corrected chi connectivity index (χ0v) is 14.8. The highest BCUT2D eigenvalue weighted by Gasteiger charge is 2.08. The highest BCUT2D eigenvalue weighted by molar-refractivity contribution is 8.93. The van der Waals surface area contributed by atoms with Gasteiger partial charge in [0, 0.05) is 6.92 Å². The summed E-state index contributed by atoms with van der Waals surface area (Å²) in [5.74, 6) is -0.156. The van der Waals surface area contributed by atoms with Crippen molar-refractivity contribution in [2.24, 2.45) is 0 Å². The van der Waals surface area contributed by atoms with Crippen molar-refractivity contribution in [2.45, 2.75) is 77.7 Å². The number of ether oxygens (including phenoxy) is 1. The average molecular weight is 341 g/mol. The number of carbonyl (C=O) groups is 1. The molecule has 0 aliphatic rings. The van der Waals surface area contributed by atoms with E-state index in [4.69, 9.17) is 4.74 Å². The second-order valence-corrected chi connectivity index (χ2v) is 5.20. The first kappa shape index (κ1) is 20.7. The molecule has 0 radical (unpaired) electrons. The van der Waals surface area contributed by atoms with Gasteiger partial charge in [0.2, 0.25) is 0 Å². The Morgan fingerprint density at radius 2 is 1.56 bits per heavy atom. The fourth-order valence-electron chi connectivity index (χ4n) is 1.97. The molecule has 18 heavy (non-hydrogen) atoms. The first-order valence-electron chi connectivity index (χ1n) is 7.08. The molecule has 0 aromatic heterocycles. The van der Waals surface area contributed by atoms with E-state index in [1.54, 1.807) is 0 Å². The Hall–Kier alpha value is 0.380. The van der Waals surface area contributed by atoms with Crippen LogP contribution in [-0.4, -0.2) is 18.2 Å².